The van der Waals surface area contributed by atoms with Crippen molar-refractivity contribution in [2.24, 2.45) is 0 Å². The molecule has 0 fully saturated rings. The summed E-state index contributed by atoms with van der Waals surface area (Å²) in [5.74, 6) is 0. The first kappa shape index (κ1) is 10.3. The standard InChI is InChI=1S/C12H18N/c1-3-10-13(4-2)11-12-8-6-5-7-9-12/h5-9H,2-4,10-11H2,1H3. The van der Waals surface area contributed by atoms with Gasteiger partial charge in [0.05, 0.1) is 0 Å². The molecule has 1 nitrogen and oxygen atoms in total. The first-order chi connectivity index (χ1) is 6.36. The van der Waals surface area contributed by atoms with Crippen LogP contribution in [0.1, 0.15) is 18.9 Å². The van der Waals surface area contributed by atoms with Gasteiger partial charge in [-0.25, -0.2) is 0 Å². The summed E-state index contributed by atoms with van der Waals surface area (Å²) in [6.07, 6.45) is 1.20. The summed E-state index contributed by atoms with van der Waals surface area (Å²) in [5.41, 5.74) is 1.37. The number of nitrogens with zero attached hydrogens (tertiary/aromatic N) is 1. The van der Waals surface area contributed by atoms with E-state index in [9.17, 15) is 0 Å². The largest absolute Gasteiger partial charge is 0.299 e. The van der Waals surface area contributed by atoms with E-state index in [0.717, 1.165) is 19.6 Å². The van der Waals surface area contributed by atoms with Crippen molar-refractivity contribution in [3.05, 3.63) is 42.8 Å². The normalized spacial score (nSPS) is 10.7. The molecule has 0 aliphatic rings. The molecule has 0 bridgehead atoms. The number of hydrogen-bond acceptors (Lipinski definition) is 1. The van der Waals surface area contributed by atoms with Crippen molar-refractivity contribution in [1.82, 2.24) is 4.90 Å². The van der Waals surface area contributed by atoms with Crippen molar-refractivity contribution in [3.63, 3.8) is 0 Å². The summed E-state index contributed by atoms with van der Waals surface area (Å²) in [7, 11) is 0. The van der Waals surface area contributed by atoms with Crippen molar-refractivity contribution in [2.45, 2.75) is 19.9 Å². The smallest absolute Gasteiger partial charge is 0.0233 e. The van der Waals surface area contributed by atoms with E-state index in [2.05, 4.69) is 49.1 Å². The van der Waals surface area contributed by atoms with Crippen LogP contribution < -0.4 is 0 Å². The highest BCUT2D eigenvalue weighted by molar-refractivity contribution is 5.14. The minimum atomic E-state index is 0.892. The molecule has 1 heteroatoms. The summed E-state index contributed by atoms with van der Waals surface area (Å²) in [4.78, 5) is 2.36. The van der Waals surface area contributed by atoms with Crippen LogP contribution in [0.25, 0.3) is 0 Å². The van der Waals surface area contributed by atoms with Gasteiger partial charge >= 0.3 is 0 Å². The number of benzene rings is 1. The predicted octanol–water partition coefficient (Wildman–Crippen LogP) is 2.73. The van der Waals surface area contributed by atoms with Crippen LogP contribution in [0, 0.1) is 6.92 Å². The van der Waals surface area contributed by atoms with Crippen LogP contribution >= 0.6 is 0 Å². The third-order valence-electron chi connectivity index (χ3n) is 2.11. The molecule has 0 heterocycles. The molecule has 1 radical (unpaired) electrons. The summed E-state index contributed by atoms with van der Waals surface area (Å²) in [6, 6.07) is 10.6. The quantitative estimate of drug-likeness (QED) is 0.666. The molecular weight excluding hydrogens is 158 g/mol. The average Bonchev–Trinajstić information content (AvgIpc) is 2.19. The van der Waals surface area contributed by atoms with Gasteiger partial charge in [0.2, 0.25) is 0 Å². The Kier molecular flexibility index (Phi) is 4.55. The Morgan fingerprint density at radius 3 is 2.46 bits per heavy atom. The molecule has 0 saturated heterocycles. The zero-order valence-electron chi connectivity index (χ0n) is 8.37. The molecular formula is C12H18N. The lowest BCUT2D eigenvalue weighted by Gasteiger charge is -2.19. The zero-order valence-corrected chi connectivity index (χ0v) is 8.37. The minimum Gasteiger partial charge on any atom is -0.299 e. The summed E-state index contributed by atoms with van der Waals surface area (Å²) >= 11 is 0. The Labute approximate surface area is 81.4 Å². The van der Waals surface area contributed by atoms with Crippen molar-refractivity contribution in [1.29, 1.82) is 0 Å². The highest BCUT2D eigenvalue weighted by Crippen LogP contribution is 2.04. The van der Waals surface area contributed by atoms with Gasteiger partial charge in [-0.05, 0) is 32.0 Å². The number of rotatable bonds is 5. The molecule has 71 valence electrons. The monoisotopic (exact) mass is 176 g/mol. The van der Waals surface area contributed by atoms with E-state index in [0.29, 0.717) is 0 Å². The molecule has 0 aliphatic heterocycles. The highest BCUT2D eigenvalue weighted by Gasteiger charge is 2.00. The fraction of sp³-hybridized carbons (Fsp3) is 0.417. The van der Waals surface area contributed by atoms with Gasteiger partial charge in [0.1, 0.15) is 0 Å². The van der Waals surface area contributed by atoms with Crippen LogP contribution in [0.3, 0.4) is 0 Å². The molecule has 0 saturated carbocycles. The zero-order chi connectivity index (χ0) is 9.52. The van der Waals surface area contributed by atoms with Gasteiger partial charge in [-0.1, -0.05) is 37.3 Å². The predicted molar refractivity (Wildman–Crippen MR) is 57.4 cm³/mol. The Morgan fingerprint density at radius 1 is 1.23 bits per heavy atom. The van der Waals surface area contributed by atoms with Gasteiger partial charge in [-0.2, -0.15) is 0 Å². The van der Waals surface area contributed by atoms with E-state index in [-0.39, 0.29) is 0 Å². The Hall–Kier alpha value is -0.820. The first-order valence-electron chi connectivity index (χ1n) is 4.92. The molecule has 0 aromatic heterocycles. The van der Waals surface area contributed by atoms with Crippen molar-refractivity contribution < 1.29 is 0 Å². The maximum absolute atomic E-state index is 3.93. The fourth-order valence-corrected chi connectivity index (χ4v) is 1.43. The Bertz CT molecular complexity index is 218. The van der Waals surface area contributed by atoms with Gasteiger partial charge in [0.25, 0.3) is 0 Å². The van der Waals surface area contributed by atoms with Crippen LogP contribution in [0.2, 0.25) is 0 Å². The molecule has 0 N–H and O–H groups in total. The maximum Gasteiger partial charge on any atom is 0.0233 e. The fourth-order valence-electron chi connectivity index (χ4n) is 1.43. The molecule has 0 spiro atoms. The second-order valence-electron chi connectivity index (χ2n) is 3.26. The van der Waals surface area contributed by atoms with Gasteiger partial charge in [-0.15, -0.1) is 0 Å². The highest BCUT2D eigenvalue weighted by atomic mass is 15.1. The molecule has 1 rings (SSSR count). The second kappa shape index (κ2) is 5.76. The van der Waals surface area contributed by atoms with Gasteiger partial charge < -0.3 is 0 Å². The van der Waals surface area contributed by atoms with Crippen LogP contribution in [0.4, 0.5) is 0 Å². The van der Waals surface area contributed by atoms with E-state index >= 15 is 0 Å². The van der Waals surface area contributed by atoms with Crippen molar-refractivity contribution in [3.8, 4) is 0 Å². The third-order valence-corrected chi connectivity index (χ3v) is 2.11. The summed E-state index contributed by atoms with van der Waals surface area (Å²) in [5, 5.41) is 0. The maximum atomic E-state index is 3.93. The molecule has 1 aromatic carbocycles. The average molecular weight is 176 g/mol. The van der Waals surface area contributed by atoms with E-state index in [1.54, 1.807) is 0 Å². The summed E-state index contributed by atoms with van der Waals surface area (Å²) < 4.78 is 0. The molecule has 13 heavy (non-hydrogen) atoms. The van der Waals surface area contributed by atoms with Crippen LogP contribution in [0.5, 0.6) is 0 Å². The molecule has 0 unspecified atom stereocenters. The van der Waals surface area contributed by atoms with E-state index in [1.807, 2.05) is 0 Å². The molecule has 0 atom stereocenters. The van der Waals surface area contributed by atoms with Gasteiger partial charge in [0.15, 0.2) is 0 Å². The lowest BCUT2D eigenvalue weighted by atomic mass is 10.2. The Balaban J connectivity index is 2.46. The van der Waals surface area contributed by atoms with Gasteiger partial charge in [-0.3, -0.25) is 4.90 Å². The van der Waals surface area contributed by atoms with Crippen molar-refractivity contribution >= 4 is 0 Å². The molecule has 0 aliphatic carbocycles. The SMILES string of the molecule is [CH2]CN(CCC)Cc1ccccc1. The molecule has 1 aromatic rings. The second-order valence-corrected chi connectivity index (χ2v) is 3.26. The summed E-state index contributed by atoms with van der Waals surface area (Å²) in [6.45, 7) is 9.18. The molecule has 0 amide bonds. The number of hydrogen-bond donors (Lipinski definition) is 0. The third kappa shape index (κ3) is 3.60. The lowest BCUT2D eigenvalue weighted by molar-refractivity contribution is 0.294. The van der Waals surface area contributed by atoms with E-state index in [1.165, 1.54) is 12.0 Å². The lowest BCUT2D eigenvalue weighted by Crippen LogP contribution is -2.23. The first-order valence-corrected chi connectivity index (χ1v) is 4.92. The topological polar surface area (TPSA) is 3.24 Å². The van der Waals surface area contributed by atoms with Crippen LogP contribution in [-0.4, -0.2) is 18.0 Å². The van der Waals surface area contributed by atoms with E-state index < -0.39 is 0 Å². The minimum absolute atomic E-state index is 0.892. The van der Waals surface area contributed by atoms with Gasteiger partial charge in [0, 0.05) is 6.54 Å². The van der Waals surface area contributed by atoms with Crippen LogP contribution in [0.15, 0.2) is 30.3 Å². The Morgan fingerprint density at radius 2 is 1.92 bits per heavy atom. The van der Waals surface area contributed by atoms with Crippen molar-refractivity contribution in [2.75, 3.05) is 13.1 Å². The van der Waals surface area contributed by atoms with Crippen LogP contribution in [-0.2, 0) is 6.54 Å². The van der Waals surface area contributed by atoms with E-state index in [4.69, 9.17) is 0 Å².